The number of aryl methyl sites for hydroxylation is 2. The summed E-state index contributed by atoms with van der Waals surface area (Å²) >= 11 is 0. The van der Waals surface area contributed by atoms with Gasteiger partial charge in [0.15, 0.2) is 0 Å². The van der Waals surface area contributed by atoms with Crippen LogP contribution < -0.4 is 10.1 Å². The number of anilines is 1. The fourth-order valence-electron chi connectivity index (χ4n) is 3.18. The Bertz CT molecular complexity index is 825. The zero-order valence-electron chi connectivity index (χ0n) is 15.9. The zero-order valence-corrected chi connectivity index (χ0v) is 15.9. The summed E-state index contributed by atoms with van der Waals surface area (Å²) in [5, 5.41) is 2.94. The third-order valence-electron chi connectivity index (χ3n) is 4.58. The third kappa shape index (κ3) is 5.03. The van der Waals surface area contributed by atoms with Gasteiger partial charge >= 0.3 is 6.01 Å². The Labute approximate surface area is 158 Å². The number of carbonyl (C=O) groups excluding carboxylic acids is 2. The molecule has 2 aromatic rings. The highest BCUT2D eigenvalue weighted by Crippen LogP contribution is 2.24. The van der Waals surface area contributed by atoms with Crippen LogP contribution in [0.3, 0.4) is 0 Å². The van der Waals surface area contributed by atoms with Crippen LogP contribution >= 0.6 is 0 Å². The number of amides is 2. The van der Waals surface area contributed by atoms with Gasteiger partial charge in [-0.05, 0) is 44.9 Å². The molecule has 7 nitrogen and oxygen atoms in total. The first-order chi connectivity index (χ1) is 12.9. The lowest BCUT2D eigenvalue weighted by molar-refractivity contribution is -0.132. The first-order valence-corrected chi connectivity index (χ1v) is 9.07. The average Bonchev–Trinajstić information content (AvgIpc) is 2.61. The second kappa shape index (κ2) is 8.16. The average molecular weight is 368 g/mol. The van der Waals surface area contributed by atoms with Crippen molar-refractivity contribution in [2.24, 2.45) is 5.92 Å². The Balaban J connectivity index is 1.62. The van der Waals surface area contributed by atoms with Crippen LogP contribution in [0, 0.1) is 19.8 Å². The maximum absolute atomic E-state index is 12.5. The highest BCUT2D eigenvalue weighted by atomic mass is 16.5. The number of benzene rings is 1. The van der Waals surface area contributed by atoms with E-state index in [1.54, 1.807) is 24.0 Å². The SMILES string of the molecule is CC(=O)N1CCC(C(=O)Nc2cccc(Oc3nc(C)cc(C)n3)c2)CC1. The number of carbonyl (C=O) groups is 2. The second-order valence-corrected chi connectivity index (χ2v) is 6.83. The molecule has 1 fully saturated rings. The molecule has 3 rings (SSSR count). The number of rotatable bonds is 4. The van der Waals surface area contributed by atoms with E-state index in [-0.39, 0.29) is 23.7 Å². The third-order valence-corrected chi connectivity index (χ3v) is 4.58. The first-order valence-electron chi connectivity index (χ1n) is 9.07. The van der Waals surface area contributed by atoms with E-state index in [2.05, 4.69) is 15.3 Å². The molecule has 7 heteroatoms. The van der Waals surface area contributed by atoms with Crippen LogP contribution in [0.5, 0.6) is 11.8 Å². The molecule has 1 saturated heterocycles. The van der Waals surface area contributed by atoms with E-state index in [9.17, 15) is 9.59 Å². The van der Waals surface area contributed by atoms with Gasteiger partial charge in [-0.1, -0.05) is 6.07 Å². The minimum atomic E-state index is -0.0899. The van der Waals surface area contributed by atoms with Crippen molar-refractivity contribution in [3.8, 4) is 11.8 Å². The molecule has 0 bridgehead atoms. The maximum atomic E-state index is 12.5. The van der Waals surface area contributed by atoms with Crippen LogP contribution in [0.2, 0.25) is 0 Å². The molecule has 0 saturated carbocycles. The summed E-state index contributed by atoms with van der Waals surface area (Å²) in [5.41, 5.74) is 2.33. The molecule has 2 amide bonds. The monoisotopic (exact) mass is 368 g/mol. The molecule has 0 spiro atoms. The Kier molecular flexibility index (Phi) is 5.69. The molecule has 1 aliphatic heterocycles. The van der Waals surface area contributed by atoms with Gasteiger partial charge in [0.05, 0.1) is 0 Å². The fourth-order valence-corrected chi connectivity index (χ4v) is 3.18. The summed E-state index contributed by atoms with van der Waals surface area (Å²) in [7, 11) is 0. The van der Waals surface area contributed by atoms with Crippen LogP contribution in [-0.2, 0) is 9.59 Å². The second-order valence-electron chi connectivity index (χ2n) is 6.83. The summed E-state index contributed by atoms with van der Waals surface area (Å²) in [5.74, 6) is 0.502. The number of nitrogens with zero attached hydrogens (tertiary/aromatic N) is 3. The van der Waals surface area contributed by atoms with Gasteiger partial charge in [-0.15, -0.1) is 0 Å². The Morgan fingerprint density at radius 3 is 2.41 bits per heavy atom. The lowest BCUT2D eigenvalue weighted by atomic mass is 9.96. The molecule has 0 atom stereocenters. The molecule has 1 N–H and O–H groups in total. The number of aromatic nitrogens is 2. The van der Waals surface area contributed by atoms with E-state index in [4.69, 9.17) is 4.74 Å². The quantitative estimate of drug-likeness (QED) is 0.896. The van der Waals surface area contributed by atoms with Crippen LogP contribution in [0.15, 0.2) is 30.3 Å². The summed E-state index contributed by atoms with van der Waals surface area (Å²) < 4.78 is 5.73. The molecule has 2 heterocycles. The smallest absolute Gasteiger partial charge is 0.322 e. The molecule has 142 valence electrons. The van der Waals surface area contributed by atoms with E-state index >= 15 is 0 Å². The molecular weight excluding hydrogens is 344 g/mol. The maximum Gasteiger partial charge on any atom is 0.322 e. The lowest BCUT2D eigenvalue weighted by Gasteiger charge is -2.30. The number of hydrogen-bond acceptors (Lipinski definition) is 5. The standard InChI is InChI=1S/C20H24N4O3/c1-13-11-14(2)22-20(21-13)27-18-6-4-5-17(12-18)23-19(26)16-7-9-24(10-8-16)15(3)25/h4-6,11-12,16H,7-10H2,1-3H3,(H,23,26). The summed E-state index contributed by atoms with van der Waals surface area (Å²) in [4.78, 5) is 34.2. The van der Waals surface area contributed by atoms with Gasteiger partial charge in [0.25, 0.3) is 0 Å². The molecule has 0 aliphatic carbocycles. The Morgan fingerprint density at radius 2 is 1.78 bits per heavy atom. The van der Waals surface area contributed by atoms with Gasteiger partial charge in [0, 0.05) is 49.1 Å². The molecule has 0 unspecified atom stereocenters. The molecule has 27 heavy (non-hydrogen) atoms. The van der Waals surface area contributed by atoms with Crippen molar-refractivity contribution in [1.82, 2.24) is 14.9 Å². The normalized spacial score (nSPS) is 14.7. The summed E-state index contributed by atoms with van der Waals surface area (Å²) in [6.07, 6.45) is 1.36. The number of ether oxygens (including phenoxy) is 1. The zero-order chi connectivity index (χ0) is 19.4. The fraction of sp³-hybridized carbons (Fsp3) is 0.400. The van der Waals surface area contributed by atoms with Crippen LogP contribution in [-0.4, -0.2) is 39.8 Å². The van der Waals surface area contributed by atoms with Gasteiger partial charge in [-0.2, -0.15) is 0 Å². The van der Waals surface area contributed by atoms with Crippen molar-refractivity contribution >= 4 is 17.5 Å². The van der Waals surface area contributed by atoms with E-state index in [0.717, 1.165) is 11.4 Å². The molecule has 1 aliphatic rings. The minimum absolute atomic E-state index is 0.0296. The summed E-state index contributed by atoms with van der Waals surface area (Å²) in [6, 6.07) is 9.34. The topological polar surface area (TPSA) is 84.4 Å². The molecule has 0 radical (unpaired) electrons. The number of likely N-dealkylation sites (tertiary alicyclic amines) is 1. The first kappa shape index (κ1) is 18.8. The van der Waals surface area contributed by atoms with Crippen molar-refractivity contribution in [1.29, 1.82) is 0 Å². The van der Waals surface area contributed by atoms with Crippen molar-refractivity contribution < 1.29 is 14.3 Å². The van der Waals surface area contributed by atoms with Gasteiger partial charge < -0.3 is 15.0 Å². The highest BCUT2D eigenvalue weighted by molar-refractivity contribution is 5.93. The van der Waals surface area contributed by atoms with E-state index in [1.807, 2.05) is 32.0 Å². The van der Waals surface area contributed by atoms with E-state index in [0.29, 0.717) is 37.4 Å². The lowest BCUT2D eigenvalue weighted by Crippen LogP contribution is -2.40. The Morgan fingerprint density at radius 1 is 1.11 bits per heavy atom. The van der Waals surface area contributed by atoms with Gasteiger partial charge in [-0.3, -0.25) is 9.59 Å². The Hall–Kier alpha value is -2.96. The van der Waals surface area contributed by atoms with Crippen molar-refractivity contribution in [3.63, 3.8) is 0 Å². The van der Waals surface area contributed by atoms with Gasteiger partial charge in [0.2, 0.25) is 11.8 Å². The van der Waals surface area contributed by atoms with Crippen LogP contribution in [0.1, 0.15) is 31.2 Å². The van der Waals surface area contributed by atoms with Crippen molar-refractivity contribution in [3.05, 3.63) is 41.7 Å². The van der Waals surface area contributed by atoms with Crippen molar-refractivity contribution in [2.75, 3.05) is 18.4 Å². The molecule has 1 aromatic carbocycles. The summed E-state index contributed by atoms with van der Waals surface area (Å²) in [6.45, 7) is 6.58. The van der Waals surface area contributed by atoms with Crippen LogP contribution in [0.25, 0.3) is 0 Å². The largest absolute Gasteiger partial charge is 0.424 e. The van der Waals surface area contributed by atoms with E-state index < -0.39 is 0 Å². The number of piperidine rings is 1. The van der Waals surface area contributed by atoms with Crippen molar-refractivity contribution in [2.45, 2.75) is 33.6 Å². The molecule has 1 aromatic heterocycles. The van der Waals surface area contributed by atoms with Gasteiger partial charge in [0.1, 0.15) is 5.75 Å². The number of hydrogen-bond donors (Lipinski definition) is 1. The minimum Gasteiger partial charge on any atom is -0.424 e. The van der Waals surface area contributed by atoms with Gasteiger partial charge in [-0.25, -0.2) is 9.97 Å². The van der Waals surface area contributed by atoms with Crippen LogP contribution in [0.4, 0.5) is 5.69 Å². The number of nitrogens with one attached hydrogen (secondary N) is 1. The van der Waals surface area contributed by atoms with E-state index in [1.165, 1.54) is 0 Å². The molecular formula is C20H24N4O3. The highest BCUT2D eigenvalue weighted by Gasteiger charge is 2.26. The predicted octanol–water partition coefficient (Wildman–Crippen LogP) is 3.08. The predicted molar refractivity (Wildman–Crippen MR) is 102 cm³/mol.